The first kappa shape index (κ1) is 16.4. The van der Waals surface area contributed by atoms with E-state index in [0.29, 0.717) is 17.7 Å². The Bertz CT molecular complexity index is 637. The topological polar surface area (TPSA) is 47.3 Å². The molecule has 0 aliphatic rings. The van der Waals surface area contributed by atoms with Gasteiger partial charge in [0.15, 0.2) is 0 Å². The Labute approximate surface area is 139 Å². The second-order valence-electron chi connectivity index (χ2n) is 4.55. The number of hydrazine groups is 1. The third-order valence-corrected chi connectivity index (χ3v) is 4.19. The van der Waals surface area contributed by atoms with Gasteiger partial charge in [0.05, 0.1) is 13.2 Å². The van der Waals surface area contributed by atoms with Crippen LogP contribution >= 0.6 is 31.9 Å². The SMILES string of the molecule is COc1cc(Br)ccc1C(Cc1cc(Br)ccc1F)NN. The molecule has 0 bridgehead atoms. The van der Waals surface area contributed by atoms with Gasteiger partial charge in [-0.1, -0.05) is 37.9 Å². The molecular weight excluding hydrogens is 403 g/mol. The molecule has 0 amide bonds. The molecule has 1 unspecified atom stereocenters. The molecule has 0 aliphatic heterocycles. The number of nitrogens with two attached hydrogens (primary N) is 1. The molecule has 21 heavy (non-hydrogen) atoms. The van der Waals surface area contributed by atoms with Crippen molar-refractivity contribution >= 4 is 31.9 Å². The molecule has 112 valence electrons. The molecule has 2 aromatic rings. The number of halogens is 3. The van der Waals surface area contributed by atoms with Crippen LogP contribution in [0, 0.1) is 5.82 Å². The van der Waals surface area contributed by atoms with Crippen LogP contribution in [0.25, 0.3) is 0 Å². The van der Waals surface area contributed by atoms with E-state index < -0.39 is 0 Å². The number of methoxy groups -OCH3 is 1. The fourth-order valence-corrected chi connectivity index (χ4v) is 2.90. The second kappa shape index (κ2) is 7.35. The zero-order chi connectivity index (χ0) is 15.4. The lowest BCUT2D eigenvalue weighted by Gasteiger charge is -2.20. The van der Waals surface area contributed by atoms with Crippen molar-refractivity contribution in [1.29, 1.82) is 0 Å². The Hall–Kier alpha value is -0.950. The van der Waals surface area contributed by atoms with Crippen molar-refractivity contribution in [1.82, 2.24) is 5.43 Å². The first-order chi connectivity index (χ1) is 10.0. The van der Waals surface area contributed by atoms with E-state index in [4.69, 9.17) is 10.6 Å². The van der Waals surface area contributed by atoms with E-state index in [-0.39, 0.29) is 11.9 Å². The zero-order valence-electron chi connectivity index (χ0n) is 11.4. The highest BCUT2D eigenvalue weighted by atomic mass is 79.9. The molecule has 6 heteroatoms. The lowest BCUT2D eigenvalue weighted by atomic mass is 9.98. The summed E-state index contributed by atoms with van der Waals surface area (Å²) in [6, 6.07) is 10.3. The largest absolute Gasteiger partial charge is 0.496 e. The minimum Gasteiger partial charge on any atom is -0.496 e. The summed E-state index contributed by atoms with van der Waals surface area (Å²) in [5.41, 5.74) is 4.19. The molecule has 3 N–H and O–H groups in total. The molecule has 0 spiro atoms. The van der Waals surface area contributed by atoms with Crippen LogP contribution in [0.15, 0.2) is 45.3 Å². The molecule has 0 aliphatic carbocycles. The summed E-state index contributed by atoms with van der Waals surface area (Å²) in [5.74, 6) is 6.09. The minimum atomic E-state index is -0.255. The third kappa shape index (κ3) is 4.03. The quantitative estimate of drug-likeness (QED) is 0.568. The molecule has 0 saturated carbocycles. The summed E-state index contributed by atoms with van der Waals surface area (Å²) in [7, 11) is 1.60. The van der Waals surface area contributed by atoms with Gasteiger partial charge in [-0.3, -0.25) is 11.3 Å². The number of hydrogen-bond acceptors (Lipinski definition) is 3. The van der Waals surface area contributed by atoms with Gasteiger partial charge in [0, 0.05) is 14.5 Å². The fourth-order valence-electron chi connectivity index (χ4n) is 2.15. The van der Waals surface area contributed by atoms with Gasteiger partial charge < -0.3 is 4.74 Å². The highest BCUT2D eigenvalue weighted by molar-refractivity contribution is 9.10. The van der Waals surface area contributed by atoms with Gasteiger partial charge in [0.2, 0.25) is 0 Å². The van der Waals surface area contributed by atoms with E-state index in [0.717, 1.165) is 14.5 Å². The zero-order valence-corrected chi connectivity index (χ0v) is 14.5. The Morgan fingerprint density at radius 3 is 2.52 bits per heavy atom. The van der Waals surface area contributed by atoms with Crippen LogP contribution in [0.3, 0.4) is 0 Å². The van der Waals surface area contributed by atoms with Crippen LogP contribution in [0.5, 0.6) is 5.75 Å². The molecule has 0 radical (unpaired) electrons. The number of rotatable bonds is 5. The Balaban J connectivity index is 2.34. The molecule has 0 heterocycles. The normalized spacial score (nSPS) is 12.2. The van der Waals surface area contributed by atoms with Crippen molar-refractivity contribution in [2.45, 2.75) is 12.5 Å². The van der Waals surface area contributed by atoms with Gasteiger partial charge >= 0.3 is 0 Å². The van der Waals surface area contributed by atoms with Crippen LogP contribution in [-0.4, -0.2) is 7.11 Å². The van der Waals surface area contributed by atoms with Crippen LogP contribution in [0.2, 0.25) is 0 Å². The predicted octanol–water partition coefficient (Wildman–Crippen LogP) is 4.11. The second-order valence-corrected chi connectivity index (χ2v) is 6.38. The van der Waals surface area contributed by atoms with Gasteiger partial charge in [0.25, 0.3) is 0 Å². The maximum Gasteiger partial charge on any atom is 0.126 e. The van der Waals surface area contributed by atoms with Crippen LogP contribution < -0.4 is 16.0 Å². The summed E-state index contributed by atoms with van der Waals surface area (Å²) in [6.45, 7) is 0. The Morgan fingerprint density at radius 2 is 1.86 bits per heavy atom. The number of hydrogen-bond donors (Lipinski definition) is 2. The third-order valence-electron chi connectivity index (χ3n) is 3.20. The average Bonchev–Trinajstić information content (AvgIpc) is 2.48. The van der Waals surface area contributed by atoms with Gasteiger partial charge in [-0.15, -0.1) is 0 Å². The van der Waals surface area contributed by atoms with E-state index >= 15 is 0 Å². The van der Waals surface area contributed by atoms with Gasteiger partial charge in [-0.2, -0.15) is 0 Å². The lowest BCUT2D eigenvalue weighted by Crippen LogP contribution is -2.30. The summed E-state index contributed by atoms with van der Waals surface area (Å²) in [6.07, 6.45) is 0.416. The van der Waals surface area contributed by atoms with Gasteiger partial charge in [0.1, 0.15) is 11.6 Å². The molecule has 2 aromatic carbocycles. The monoisotopic (exact) mass is 416 g/mol. The van der Waals surface area contributed by atoms with Crippen molar-refractivity contribution in [3.63, 3.8) is 0 Å². The predicted molar refractivity (Wildman–Crippen MR) is 88.6 cm³/mol. The fraction of sp³-hybridized carbons (Fsp3) is 0.200. The smallest absolute Gasteiger partial charge is 0.126 e. The van der Waals surface area contributed by atoms with Crippen molar-refractivity contribution in [2.75, 3.05) is 7.11 Å². The summed E-state index contributed by atoms with van der Waals surface area (Å²) < 4.78 is 21.0. The van der Waals surface area contributed by atoms with Crippen molar-refractivity contribution in [3.8, 4) is 5.75 Å². The number of nitrogens with one attached hydrogen (secondary N) is 1. The molecule has 3 nitrogen and oxygen atoms in total. The Morgan fingerprint density at radius 1 is 1.19 bits per heavy atom. The van der Waals surface area contributed by atoms with E-state index in [2.05, 4.69) is 37.3 Å². The highest BCUT2D eigenvalue weighted by Gasteiger charge is 2.17. The molecular formula is C15H15Br2FN2O. The van der Waals surface area contributed by atoms with Gasteiger partial charge in [-0.25, -0.2) is 4.39 Å². The Kier molecular flexibility index (Phi) is 5.75. The maximum absolute atomic E-state index is 13.9. The summed E-state index contributed by atoms with van der Waals surface area (Å²) in [5, 5.41) is 0. The van der Waals surface area contributed by atoms with E-state index in [1.54, 1.807) is 19.2 Å². The van der Waals surface area contributed by atoms with Crippen LogP contribution in [-0.2, 0) is 6.42 Å². The van der Waals surface area contributed by atoms with E-state index in [9.17, 15) is 4.39 Å². The maximum atomic E-state index is 13.9. The molecule has 0 aromatic heterocycles. The molecule has 0 fully saturated rings. The standard InChI is InChI=1S/C15H15Br2FN2O/c1-21-15-8-11(17)2-4-12(15)14(20-19)7-9-6-10(16)3-5-13(9)18/h2-6,8,14,20H,7,19H2,1H3. The molecule has 2 rings (SSSR count). The first-order valence-electron chi connectivity index (χ1n) is 6.28. The number of benzene rings is 2. The van der Waals surface area contributed by atoms with Crippen molar-refractivity contribution < 1.29 is 9.13 Å². The number of ether oxygens (including phenoxy) is 1. The first-order valence-corrected chi connectivity index (χ1v) is 7.87. The van der Waals surface area contributed by atoms with E-state index in [1.807, 2.05) is 18.2 Å². The molecule has 1 atom stereocenters. The van der Waals surface area contributed by atoms with Crippen LogP contribution in [0.1, 0.15) is 17.2 Å². The molecule has 0 saturated heterocycles. The van der Waals surface area contributed by atoms with Crippen molar-refractivity contribution in [3.05, 3.63) is 62.3 Å². The van der Waals surface area contributed by atoms with E-state index in [1.165, 1.54) is 6.07 Å². The minimum absolute atomic E-state index is 0.253. The van der Waals surface area contributed by atoms with Gasteiger partial charge in [-0.05, 0) is 42.3 Å². The van der Waals surface area contributed by atoms with Crippen molar-refractivity contribution in [2.24, 2.45) is 5.84 Å². The highest BCUT2D eigenvalue weighted by Crippen LogP contribution is 2.31. The summed E-state index contributed by atoms with van der Waals surface area (Å²) in [4.78, 5) is 0. The summed E-state index contributed by atoms with van der Waals surface area (Å²) >= 11 is 6.75. The van der Waals surface area contributed by atoms with Crippen LogP contribution in [0.4, 0.5) is 4.39 Å². The lowest BCUT2D eigenvalue weighted by molar-refractivity contribution is 0.398. The average molecular weight is 418 g/mol.